The van der Waals surface area contributed by atoms with Crippen molar-refractivity contribution in [2.75, 3.05) is 5.32 Å². The smallest absolute Gasteiger partial charge is 0.339 e. The first kappa shape index (κ1) is 17.5. The van der Waals surface area contributed by atoms with E-state index in [-0.39, 0.29) is 5.69 Å². The van der Waals surface area contributed by atoms with Gasteiger partial charge >= 0.3 is 5.97 Å². The highest BCUT2D eigenvalue weighted by Gasteiger charge is 2.20. The minimum atomic E-state index is -1.34. The number of halogens is 4. The van der Waals surface area contributed by atoms with Crippen molar-refractivity contribution in [3.05, 3.63) is 65.2 Å². The molecule has 2 aromatic rings. The number of carbonyl (C=O) groups excluding carboxylic acids is 2. The molecule has 0 spiro atoms. The largest absolute Gasteiger partial charge is 0.449 e. The first-order chi connectivity index (χ1) is 11.3. The number of hydrogen-bond acceptors (Lipinski definition) is 3. The van der Waals surface area contributed by atoms with Gasteiger partial charge in [-0.3, -0.25) is 4.79 Å². The van der Waals surface area contributed by atoms with E-state index in [4.69, 9.17) is 4.74 Å². The summed E-state index contributed by atoms with van der Waals surface area (Å²) in [4.78, 5) is 23.6. The van der Waals surface area contributed by atoms with Crippen LogP contribution in [0.15, 0.2) is 36.4 Å². The van der Waals surface area contributed by atoms with Crippen molar-refractivity contribution in [2.45, 2.75) is 13.0 Å². The Labute approximate surface area is 134 Å². The van der Waals surface area contributed by atoms with Crippen LogP contribution in [-0.2, 0) is 9.53 Å². The maximum Gasteiger partial charge on any atom is 0.339 e. The van der Waals surface area contributed by atoms with Crippen molar-refractivity contribution in [3.63, 3.8) is 0 Å². The van der Waals surface area contributed by atoms with Gasteiger partial charge in [0, 0.05) is 17.8 Å². The van der Waals surface area contributed by atoms with Gasteiger partial charge < -0.3 is 10.1 Å². The van der Waals surface area contributed by atoms with Crippen LogP contribution in [0.1, 0.15) is 17.3 Å². The van der Waals surface area contributed by atoms with Crippen LogP contribution in [0.4, 0.5) is 23.2 Å². The van der Waals surface area contributed by atoms with Crippen LogP contribution < -0.4 is 5.32 Å². The maximum atomic E-state index is 13.1. The Hall–Kier alpha value is -2.90. The maximum absolute atomic E-state index is 13.1. The SMILES string of the molecule is C[C@H](OC(=O)c1cc(F)cc(F)c1)C(=O)Nc1ccc(F)c(F)c1. The van der Waals surface area contributed by atoms with E-state index < -0.39 is 46.8 Å². The molecule has 0 aliphatic heterocycles. The fraction of sp³-hybridized carbons (Fsp3) is 0.125. The number of rotatable bonds is 4. The van der Waals surface area contributed by atoms with Crippen molar-refractivity contribution in [1.29, 1.82) is 0 Å². The highest BCUT2D eigenvalue weighted by atomic mass is 19.2. The summed E-state index contributed by atoms with van der Waals surface area (Å²) in [6.45, 7) is 1.21. The van der Waals surface area contributed by atoms with Crippen LogP contribution in [0.25, 0.3) is 0 Å². The van der Waals surface area contributed by atoms with Crippen LogP contribution in [0, 0.1) is 23.3 Å². The van der Waals surface area contributed by atoms with Crippen molar-refractivity contribution < 1.29 is 31.9 Å². The number of hydrogen-bond donors (Lipinski definition) is 1. The lowest BCUT2D eigenvalue weighted by atomic mass is 10.2. The average Bonchev–Trinajstić information content (AvgIpc) is 2.49. The first-order valence-electron chi connectivity index (χ1n) is 6.69. The Morgan fingerprint density at radius 2 is 1.58 bits per heavy atom. The van der Waals surface area contributed by atoms with Gasteiger partial charge in [0.25, 0.3) is 5.91 Å². The van der Waals surface area contributed by atoms with E-state index in [1.807, 2.05) is 0 Å². The molecule has 1 atom stereocenters. The normalized spacial score (nSPS) is 11.7. The minimum absolute atomic E-state index is 0.0430. The van der Waals surface area contributed by atoms with Gasteiger partial charge in [0.1, 0.15) is 11.6 Å². The molecule has 0 unspecified atom stereocenters. The number of amides is 1. The molecule has 0 saturated heterocycles. The summed E-state index contributed by atoms with van der Waals surface area (Å²) in [5.41, 5.74) is -0.446. The summed E-state index contributed by atoms with van der Waals surface area (Å²) in [5, 5.41) is 2.22. The number of esters is 1. The molecule has 0 aliphatic rings. The average molecular weight is 341 g/mol. The molecule has 2 aromatic carbocycles. The molecule has 4 nitrogen and oxygen atoms in total. The van der Waals surface area contributed by atoms with Gasteiger partial charge in [0.05, 0.1) is 5.56 Å². The molecule has 2 rings (SSSR count). The van der Waals surface area contributed by atoms with Crippen molar-refractivity contribution in [1.82, 2.24) is 0 Å². The Morgan fingerprint density at radius 3 is 2.17 bits per heavy atom. The van der Waals surface area contributed by atoms with Gasteiger partial charge in [0.2, 0.25) is 0 Å². The van der Waals surface area contributed by atoms with Gasteiger partial charge in [0.15, 0.2) is 17.7 Å². The molecule has 0 saturated carbocycles. The number of nitrogens with one attached hydrogen (secondary N) is 1. The highest BCUT2D eigenvalue weighted by molar-refractivity contribution is 5.97. The predicted molar refractivity (Wildman–Crippen MR) is 76.2 cm³/mol. The third kappa shape index (κ3) is 4.31. The van der Waals surface area contributed by atoms with Crippen molar-refractivity contribution in [2.24, 2.45) is 0 Å². The van der Waals surface area contributed by atoms with E-state index in [1.54, 1.807) is 0 Å². The van der Waals surface area contributed by atoms with Gasteiger partial charge in [-0.2, -0.15) is 0 Å². The van der Waals surface area contributed by atoms with Crippen LogP contribution in [0.2, 0.25) is 0 Å². The van der Waals surface area contributed by atoms with E-state index in [1.165, 1.54) is 6.92 Å². The lowest BCUT2D eigenvalue weighted by molar-refractivity contribution is -0.123. The van der Waals surface area contributed by atoms with Gasteiger partial charge in [-0.05, 0) is 31.2 Å². The predicted octanol–water partition coefficient (Wildman–Crippen LogP) is 3.43. The summed E-state index contributed by atoms with van der Waals surface area (Å²) in [6.07, 6.45) is -1.34. The van der Waals surface area contributed by atoms with Crippen molar-refractivity contribution >= 4 is 17.6 Å². The zero-order valence-corrected chi connectivity index (χ0v) is 12.3. The molecule has 1 N–H and O–H groups in total. The van der Waals surface area contributed by atoms with E-state index in [2.05, 4.69) is 5.32 Å². The fourth-order valence-electron chi connectivity index (χ4n) is 1.77. The highest BCUT2D eigenvalue weighted by Crippen LogP contribution is 2.14. The zero-order chi connectivity index (χ0) is 17.9. The molecule has 24 heavy (non-hydrogen) atoms. The molecular weight excluding hydrogens is 330 g/mol. The topological polar surface area (TPSA) is 55.4 Å². The Kier molecular flexibility index (Phi) is 5.18. The molecule has 0 heterocycles. The number of benzene rings is 2. The van der Waals surface area contributed by atoms with Crippen LogP contribution in [0.5, 0.6) is 0 Å². The third-order valence-corrected chi connectivity index (χ3v) is 2.94. The van der Waals surface area contributed by atoms with Crippen LogP contribution >= 0.6 is 0 Å². The second-order valence-electron chi connectivity index (χ2n) is 4.82. The molecule has 8 heteroatoms. The zero-order valence-electron chi connectivity index (χ0n) is 12.3. The van der Waals surface area contributed by atoms with Gasteiger partial charge in [-0.1, -0.05) is 0 Å². The second kappa shape index (κ2) is 7.12. The second-order valence-corrected chi connectivity index (χ2v) is 4.82. The van der Waals surface area contributed by atoms with E-state index in [0.717, 1.165) is 30.3 Å². The fourth-order valence-corrected chi connectivity index (χ4v) is 1.77. The van der Waals surface area contributed by atoms with E-state index in [0.29, 0.717) is 6.07 Å². The molecule has 1 amide bonds. The quantitative estimate of drug-likeness (QED) is 0.685. The van der Waals surface area contributed by atoms with Crippen LogP contribution in [-0.4, -0.2) is 18.0 Å². The monoisotopic (exact) mass is 341 g/mol. The first-order valence-corrected chi connectivity index (χ1v) is 6.69. The molecule has 0 aliphatic carbocycles. The van der Waals surface area contributed by atoms with Gasteiger partial charge in [-0.25, -0.2) is 22.4 Å². The minimum Gasteiger partial charge on any atom is -0.449 e. The third-order valence-electron chi connectivity index (χ3n) is 2.94. The summed E-state index contributed by atoms with van der Waals surface area (Å²) in [7, 11) is 0. The molecule has 126 valence electrons. The number of carbonyl (C=O) groups is 2. The Bertz CT molecular complexity index is 775. The molecule has 0 bridgehead atoms. The Balaban J connectivity index is 2.02. The number of anilines is 1. The summed E-state index contributed by atoms with van der Waals surface area (Å²) >= 11 is 0. The number of ether oxygens (including phenoxy) is 1. The van der Waals surface area contributed by atoms with Crippen molar-refractivity contribution in [3.8, 4) is 0 Å². The van der Waals surface area contributed by atoms with E-state index >= 15 is 0 Å². The summed E-state index contributed by atoms with van der Waals surface area (Å²) < 4.78 is 56.7. The molecule has 0 aromatic heterocycles. The summed E-state index contributed by atoms with van der Waals surface area (Å²) in [6, 6.07) is 4.78. The molecular formula is C16H11F4NO3. The molecule has 0 fully saturated rings. The standard InChI is InChI=1S/C16H11F4NO3/c1-8(15(22)21-12-2-3-13(19)14(20)7-12)24-16(23)9-4-10(17)6-11(18)5-9/h2-8H,1H3,(H,21,22)/t8-/m0/s1. The van der Waals surface area contributed by atoms with E-state index in [9.17, 15) is 27.2 Å². The Morgan fingerprint density at radius 1 is 0.958 bits per heavy atom. The lowest BCUT2D eigenvalue weighted by Crippen LogP contribution is -2.30. The molecule has 0 radical (unpaired) electrons. The van der Waals surface area contributed by atoms with Crippen LogP contribution in [0.3, 0.4) is 0 Å². The lowest BCUT2D eigenvalue weighted by Gasteiger charge is -2.13. The van der Waals surface area contributed by atoms with Gasteiger partial charge in [-0.15, -0.1) is 0 Å². The summed E-state index contributed by atoms with van der Waals surface area (Å²) in [5.74, 6) is -6.12.